The molecule has 3 rings (SSSR count). The summed E-state index contributed by atoms with van der Waals surface area (Å²) < 4.78 is 26.2. The molecule has 2 heterocycles. The number of hydrogen-bond acceptors (Lipinski definition) is 3. The normalized spacial score (nSPS) is 25.6. The molecule has 0 aromatic heterocycles. The Bertz CT molecular complexity index is 517. The summed E-state index contributed by atoms with van der Waals surface area (Å²) in [6.07, 6.45) is 3.41. The molecule has 0 saturated carbocycles. The van der Waals surface area contributed by atoms with Crippen LogP contribution >= 0.6 is 0 Å². The third-order valence-electron chi connectivity index (χ3n) is 4.12. The zero-order valence-corrected chi connectivity index (χ0v) is 11.7. The van der Waals surface area contributed by atoms with Crippen molar-refractivity contribution in [2.75, 3.05) is 25.0 Å². The van der Waals surface area contributed by atoms with Gasteiger partial charge in [0, 0.05) is 36.9 Å². The van der Waals surface area contributed by atoms with E-state index in [0.717, 1.165) is 44.1 Å². The smallest absolute Gasteiger partial charge is 0.238 e. The van der Waals surface area contributed by atoms with Crippen LogP contribution in [0.3, 0.4) is 0 Å². The summed E-state index contributed by atoms with van der Waals surface area (Å²) in [4.78, 5) is 14.1. The van der Waals surface area contributed by atoms with Crippen LogP contribution < -0.4 is 10.6 Å². The molecule has 2 bridgehead atoms. The summed E-state index contributed by atoms with van der Waals surface area (Å²) in [5, 5.41) is 6.10. The van der Waals surface area contributed by atoms with E-state index in [9.17, 15) is 13.6 Å². The van der Waals surface area contributed by atoms with E-state index in [1.165, 1.54) is 6.42 Å². The number of carbonyl (C=O) groups excluding carboxylic acids is 1. The van der Waals surface area contributed by atoms with Crippen molar-refractivity contribution >= 4 is 11.6 Å². The fraction of sp³-hybridized carbons (Fsp3) is 0.533. The number of fused-ring (bicyclic) bond motifs is 2. The highest BCUT2D eigenvalue weighted by atomic mass is 19.1. The number of amides is 1. The first-order valence-electron chi connectivity index (χ1n) is 7.33. The zero-order chi connectivity index (χ0) is 14.8. The number of nitrogens with zero attached hydrogens (tertiary/aromatic N) is 1. The molecule has 2 saturated heterocycles. The first kappa shape index (κ1) is 14.4. The lowest BCUT2D eigenvalue weighted by Crippen LogP contribution is -2.39. The first-order valence-corrected chi connectivity index (χ1v) is 7.33. The predicted molar refractivity (Wildman–Crippen MR) is 76.0 cm³/mol. The largest absolute Gasteiger partial charge is 0.325 e. The molecule has 114 valence electrons. The number of halogens is 2. The monoisotopic (exact) mass is 295 g/mol. The second kappa shape index (κ2) is 6.07. The van der Waals surface area contributed by atoms with E-state index in [4.69, 9.17) is 0 Å². The molecule has 4 nitrogen and oxygen atoms in total. The van der Waals surface area contributed by atoms with Gasteiger partial charge in [0.2, 0.25) is 5.91 Å². The van der Waals surface area contributed by atoms with Crippen LogP contribution in [0, 0.1) is 11.6 Å². The van der Waals surface area contributed by atoms with Crippen LogP contribution in [0.4, 0.5) is 14.5 Å². The molecule has 2 atom stereocenters. The van der Waals surface area contributed by atoms with Crippen LogP contribution in [0.5, 0.6) is 0 Å². The molecule has 21 heavy (non-hydrogen) atoms. The van der Waals surface area contributed by atoms with E-state index in [1.54, 1.807) is 0 Å². The average molecular weight is 295 g/mol. The van der Waals surface area contributed by atoms with E-state index in [2.05, 4.69) is 15.5 Å². The standard InChI is InChI=1S/C15H19F2N3O/c16-10-5-11(17)7-14(6-10)19-15(21)9-20-4-3-12-1-2-13(8-20)18-12/h5-7,12-13,18H,1-4,8-9H2,(H,19,21). The van der Waals surface area contributed by atoms with Crippen LogP contribution in [-0.4, -0.2) is 42.5 Å². The Morgan fingerprint density at radius 1 is 1.19 bits per heavy atom. The molecule has 2 aliphatic heterocycles. The first-order chi connectivity index (χ1) is 10.1. The van der Waals surface area contributed by atoms with Crippen molar-refractivity contribution in [1.29, 1.82) is 0 Å². The predicted octanol–water partition coefficient (Wildman–Crippen LogP) is 1.73. The number of hydrogen-bond donors (Lipinski definition) is 2. The maximum atomic E-state index is 13.1. The highest BCUT2D eigenvalue weighted by Crippen LogP contribution is 2.20. The van der Waals surface area contributed by atoms with Gasteiger partial charge in [-0.05, 0) is 31.4 Å². The van der Waals surface area contributed by atoms with E-state index >= 15 is 0 Å². The molecule has 6 heteroatoms. The Morgan fingerprint density at radius 3 is 2.67 bits per heavy atom. The molecule has 1 aromatic rings. The van der Waals surface area contributed by atoms with Crippen molar-refractivity contribution in [3.8, 4) is 0 Å². The number of anilines is 1. The van der Waals surface area contributed by atoms with Gasteiger partial charge in [0.25, 0.3) is 0 Å². The third-order valence-corrected chi connectivity index (χ3v) is 4.12. The SMILES string of the molecule is O=C(CN1CCC2CCC(C1)N2)Nc1cc(F)cc(F)c1. The van der Waals surface area contributed by atoms with Crippen molar-refractivity contribution in [3.05, 3.63) is 29.8 Å². The fourth-order valence-electron chi connectivity index (χ4n) is 3.19. The van der Waals surface area contributed by atoms with E-state index in [-0.39, 0.29) is 18.1 Å². The second-order valence-corrected chi connectivity index (χ2v) is 5.87. The van der Waals surface area contributed by atoms with Crippen molar-refractivity contribution in [3.63, 3.8) is 0 Å². The van der Waals surface area contributed by atoms with Gasteiger partial charge in [-0.3, -0.25) is 9.69 Å². The number of rotatable bonds is 3. The summed E-state index contributed by atoms with van der Waals surface area (Å²) in [7, 11) is 0. The molecular formula is C15H19F2N3O. The molecular weight excluding hydrogens is 276 g/mol. The molecule has 0 radical (unpaired) electrons. The number of likely N-dealkylation sites (tertiary alicyclic amines) is 1. The Labute approximate surface area is 122 Å². The third kappa shape index (κ3) is 3.77. The van der Waals surface area contributed by atoms with Gasteiger partial charge in [-0.25, -0.2) is 8.78 Å². The van der Waals surface area contributed by atoms with E-state index in [0.29, 0.717) is 12.1 Å². The quantitative estimate of drug-likeness (QED) is 0.892. The minimum atomic E-state index is -0.693. The molecule has 2 fully saturated rings. The molecule has 1 amide bonds. The Morgan fingerprint density at radius 2 is 1.90 bits per heavy atom. The molecule has 2 N–H and O–H groups in total. The Balaban J connectivity index is 1.56. The summed E-state index contributed by atoms with van der Waals surface area (Å²) in [6, 6.07) is 4.05. The summed E-state index contributed by atoms with van der Waals surface area (Å²) in [6.45, 7) is 1.98. The van der Waals surface area contributed by atoms with E-state index < -0.39 is 11.6 Å². The van der Waals surface area contributed by atoms with Gasteiger partial charge in [0.15, 0.2) is 0 Å². The van der Waals surface area contributed by atoms with Crippen molar-refractivity contribution in [1.82, 2.24) is 10.2 Å². The minimum absolute atomic E-state index is 0.159. The maximum Gasteiger partial charge on any atom is 0.238 e. The van der Waals surface area contributed by atoms with E-state index in [1.807, 2.05) is 0 Å². The van der Waals surface area contributed by atoms with Gasteiger partial charge in [0.1, 0.15) is 11.6 Å². The number of benzene rings is 1. The molecule has 0 spiro atoms. The highest BCUT2D eigenvalue weighted by Gasteiger charge is 2.29. The molecule has 2 unspecified atom stereocenters. The van der Waals surface area contributed by atoms with Crippen LogP contribution in [0.15, 0.2) is 18.2 Å². The Kier molecular flexibility index (Phi) is 4.17. The van der Waals surface area contributed by atoms with Crippen molar-refractivity contribution in [2.45, 2.75) is 31.3 Å². The van der Waals surface area contributed by atoms with Gasteiger partial charge in [-0.2, -0.15) is 0 Å². The fourth-order valence-corrected chi connectivity index (χ4v) is 3.19. The van der Waals surface area contributed by atoms with Gasteiger partial charge in [0.05, 0.1) is 6.54 Å². The summed E-state index contributed by atoms with van der Waals surface area (Å²) >= 11 is 0. The molecule has 0 aliphatic carbocycles. The van der Waals surface area contributed by atoms with Crippen molar-refractivity contribution in [2.24, 2.45) is 0 Å². The zero-order valence-electron chi connectivity index (χ0n) is 11.7. The number of nitrogens with one attached hydrogen (secondary N) is 2. The summed E-state index contributed by atoms with van der Waals surface area (Å²) in [5.74, 6) is -1.62. The number of carbonyl (C=O) groups is 1. The average Bonchev–Trinajstić information content (AvgIpc) is 2.71. The second-order valence-electron chi connectivity index (χ2n) is 5.87. The van der Waals surface area contributed by atoms with Crippen LogP contribution in [0.25, 0.3) is 0 Å². The minimum Gasteiger partial charge on any atom is -0.325 e. The molecule has 1 aromatic carbocycles. The molecule has 2 aliphatic rings. The van der Waals surface area contributed by atoms with Crippen LogP contribution in [-0.2, 0) is 4.79 Å². The maximum absolute atomic E-state index is 13.1. The van der Waals surface area contributed by atoms with Gasteiger partial charge in [-0.15, -0.1) is 0 Å². The van der Waals surface area contributed by atoms with Crippen LogP contribution in [0.2, 0.25) is 0 Å². The summed E-state index contributed by atoms with van der Waals surface area (Å²) in [5.41, 5.74) is 0.159. The lowest BCUT2D eigenvalue weighted by Gasteiger charge is -2.23. The van der Waals surface area contributed by atoms with Crippen molar-refractivity contribution < 1.29 is 13.6 Å². The van der Waals surface area contributed by atoms with Gasteiger partial charge < -0.3 is 10.6 Å². The lowest BCUT2D eigenvalue weighted by atomic mass is 10.1. The van der Waals surface area contributed by atoms with Gasteiger partial charge >= 0.3 is 0 Å². The Hall–Kier alpha value is -1.53. The highest BCUT2D eigenvalue weighted by molar-refractivity contribution is 5.92. The lowest BCUT2D eigenvalue weighted by molar-refractivity contribution is -0.117. The van der Waals surface area contributed by atoms with Crippen LogP contribution in [0.1, 0.15) is 19.3 Å². The topological polar surface area (TPSA) is 44.4 Å². The van der Waals surface area contributed by atoms with Gasteiger partial charge in [-0.1, -0.05) is 0 Å².